The van der Waals surface area contributed by atoms with E-state index in [1.807, 2.05) is 18.2 Å². The van der Waals surface area contributed by atoms with E-state index in [0.717, 1.165) is 64.6 Å². The number of allylic oxidation sites excluding steroid dienone is 1. The van der Waals surface area contributed by atoms with E-state index in [1.54, 1.807) is 79.3 Å². The molecule has 0 bridgehead atoms. The molecule has 0 amide bonds. The quantitative estimate of drug-likeness (QED) is 0.0114. The number of aryl methyl sites for hydroxylation is 2. The molecule has 0 aliphatic carbocycles. The Morgan fingerprint density at radius 3 is 1.52 bits per heavy atom. The number of rotatable bonds is 24. The number of fused-ring (bicyclic) bond motifs is 1. The standard InChI is InChI=1S/C35H38F3N4.C24H17N3O6.CNS.Ru/c1-3-5-7-9-25-11-16-29(17-12-25)42(30-18-13-26(14-19-30)10-8-6-4-2)31-20-15-27-24-41-33(22-28(27)21-31)32(39)23-34(40)35(36,37)38;28-15-31-8-3-18-1-6-25-21(11-18)23-13-20(5-10-33-17-30)14-24(27-23)22-12-19(2-7-26-22)4-9-32-16-29;2-1-3;/h11-24,39-40H,3-10H2,1-2H3;1-17H;;/q-1;;-1;+2/b32-23-,40-34?;8-3+,9-4+,10-5+;;. The number of pyridine rings is 4. The van der Waals surface area contributed by atoms with Crippen molar-refractivity contribution in [3.63, 3.8) is 0 Å². The summed E-state index contributed by atoms with van der Waals surface area (Å²) in [4.78, 5) is 50.9. The maximum Gasteiger partial charge on any atom is 2.00 e. The SMILES string of the molecule is CCCCCc1ccc(N(c2ccc(CCCCC)cc2)c2ccc3cnc(/C([NH-])=C/C(=N)C(F)(F)F)cc3c2)cc1.O=CO/C=C/c1ccnc(-c2cc(/C=C/OC=O)cc(-c3cc(/C=C/OC=O)ccn3)n2)c1.[N-]=C=S.[Ru+2]. The number of unbranched alkanes of at least 4 members (excludes halogenated alkanes) is 4. The number of alkyl halides is 3. The number of aromatic nitrogens is 4. The van der Waals surface area contributed by atoms with E-state index in [-0.39, 0.29) is 25.2 Å². The van der Waals surface area contributed by atoms with E-state index in [9.17, 15) is 27.6 Å². The zero-order valence-electron chi connectivity index (χ0n) is 43.1. The van der Waals surface area contributed by atoms with Crippen LogP contribution in [-0.4, -0.2) is 56.4 Å². The predicted octanol–water partition coefficient (Wildman–Crippen LogP) is 15.4. The van der Waals surface area contributed by atoms with Crippen LogP contribution >= 0.6 is 12.2 Å². The van der Waals surface area contributed by atoms with Crippen LogP contribution in [0.2, 0.25) is 0 Å². The molecule has 0 saturated heterocycles. The topological polar surface area (TPSA) is 204 Å². The Morgan fingerprint density at radius 2 is 1.08 bits per heavy atom. The number of ether oxygens (including phenoxy) is 3. The molecule has 0 spiro atoms. The number of halogens is 3. The summed E-state index contributed by atoms with van der Waals surface area (Å²) in [5.74, 6) is 0. The van der Waals surface area contributed by atoms with Gasteiger partial charge in [0.25, 0.3) is 19.4 Å². The molecule has 3 aromatic carbocycles. The number of carbonyl (C=O) groups excluding carboxylic acids is 3. The summed E-state index contributed by atoms with van der Waals surface area (Å²) in [5, 5.41) is 17.2. The third kappa shape index (κ3) is 20.4. The van der Waals surface area contributed by atoms with Crippen molar-refractivity contribution in [1.29, 1.82) is 5.41 Å². The Bertz CT molecular complexity index is 3140. The summed E-state index contributed by atoms with van der Waals surface area (Å²) in [5.41, 5.74) is 16.0. The van der Waals surface area contributed by atoms with Gasteiger partial charge in [-0.25, -0.2) is 4.98 Å². The molecule has 0 atom stereocenters. The third-order valence-corrected chi connectivity index (χ3v) is 11.5. The first-order valence-corrected chi connectivity index (χ1v) is 25.0. The molecule has 0 unspecified atom stereocenters. The van der Waals surface area contributed by atoms with Gasteiger partial charge in [-0.2, -0.15) is 18.3 Å². The molecule has 79 heavy (non-hydrogen) atoms. The zero-order valence-corrected chi connectivity index (χ0v) is 45.6. The van der Waals surface area contributed by atoms with Crippen LogP contribution in [0.25, 0.3) is 68.6 Å². The first-order valence-electron chi connectivity index (χ1n) is 24.5. The molecule has 19 heteroatoms. The molecular weight excluding hydrogens is 1120 g/mol. The van der Waals surface area contributed by atoms with Crippen molar-refractivity contribution in [2.75, 3.05) is 4.90 Å². The van der Waals surface area contributed by atoms with Crippen molar-refractivity contribution in [3.05, 3.63) is 197 Å². The van der Waals surface area contributed by atoms with Crippen LogP contribution in [0.1, 0.15) is 85.9 Å². The van der Waals surface area contributed by atoms with E-state index in [0.29, 0.717) is 53.8 Å². The number of carbonyl (C=O) groups is 3. The van der Waals surface area contributed by atoms with Gasteiger partial charge in [0.1, 0.15) is 5.71 Å². The van der Waals surface area contributed by atoms with E-state index in [4.69, 9.17) is 16.6 Å². The van der Waals surface area contributed by atoms with Gasteiger partial charge >= 0.3 is 25.7 Å². The van der Waals surface area contributed by atoms with Crippen molar-refractivity contribution in [2.45, 2.75) is 71.4 Å². The minimum absolute atomic E-state index is 0. The average Bonchev–Trinajstić information content (AvgIpc) is 3.50. The van der Waals surface area contributed by atoms with E-state index < -0.39 is 17.6 Å². The maximum absolute atomic E-state index is 12.9. The molecule has 4 aromatic heterocycles. The largest absolute Gasteiger partial charge is 2.00 e. The number of thiocarbonyl (C=S) groups is 1. The fraction of sp³-hybridized carbons (Fsp3) is 0.183. The van der Waals surface area contributed by atoms with Crippen LogP contribution in [0.15, 0.2) is 153 Å². The second kappa shape index (κ2) is 33.5. The van der Waals surface area contributed by atoms with Gasteiger partial charge in [0.15, 0.2) is 0 Å². The Morgan fingerprint density at radius 1 is 0.633 bits per heavy atom. The molecule has 406 valence electrons. The fourth-order valence-corrected chi connectivity index (χ4v) is 7.69. The number of hydrogen-bond donors (Lipinski definition) is 1. The zero-order chi connectivity index (χ0) is 56.1. The number of benzene rings is 3. The van der Waals surface area contributed by atoms with Crippen molar-refractivity contribution >= 4 is 94.3 Å². The van der Waals surface area contributed by atoms with Crippen LogP contribution in [0.4, 0.5) is 30.2 Å². The summed E-state index contributed by atoms with van der Waals surface area (Å²) >= 11 is 3.70. The van der Waals surface area contributed by atoms with Crippen LogP contribution in [0, 0.1) is 5.41 Å². The van der Waals surface area contributed by atoms with Crippen molar-refractivity contribution in [1.82, 2.24) is 19.9 Å². The summed E-state index contributed by atoms with van der Waals surface area (Å²) in [6.45, 7) is 5.37. The summed E-state index contributed by atoms with van der Waals surface area (Å²) in [7, 11) is 0. The van der Waals surface area contributed by atoms with Crippen LogP contribution < -0.4 is 4.90 Å². The molecule has 14 nitrogen and oxygen atoms in total. The van der Waals surface area contributed by atoms with E-state index >= 15 is 0 Å². The first-order chi connectivity index (χ1) is 37.8. The first kappa shape index (κ1) is 62.9. The molecule has 7 aromatic rings. The molecule has 0 fully saturated rings. The molecule has 0 aliphatic heterocycles. The minimum Gasteiger partial charge on any atom is -0.753 e. The van der Waals surface area contributed by atoms with Gasteiger partial charge in [0, 0.05) is 46.7 Å². The van der Waals surface area contributed by atoms with E-state index in [2.05, 4.69) is 114 Å². The van der Waals surface area contributed by atoms with Gasteiger partial charge in [-0.3, -0.25) is 34.7 Å². The molecule has 4 heterocycles. The normalized spacial score (nSPS) is 11.1. The minimum atomic E-state index is -4.81. The number of nitrogens with one attached hydrogen (secondary N) is 2. The number of anilines is 3. The van der Waals surface area contributed by atoms with Crippen molar-refractivity contribution in [2.24, 2.45) is 0 Å². The number of isothiocyanates is 1. The molecule has 7 rings (SSSR count). The predicted molar refractivity (Wildman–Crippen MR) is 304 cm³/mol. The fourth-order valence-electron chi connectivity index (χ4n) is 7.69. The van der Waals surface area contributed by atoms with Gasteiger partial charge in [-0.1, -0.05) is 82.1 Å². The summed E-state index contributed by atoms with van der Waals surface area (Å²) in [6.07, 6.45) is 18.2. The van der Waals surface area contributed by atoms with E-state index in [1.165, 1.54) is 60.8 Å². The summed E-state index contributed by atoms with van der Waals surface area (Å²) in [6, 6.07) is 35.3. The molecular formula is C60H55F3N8O6RuS. The van der Waals surface area contributed by atoms with Crippen LogP contribution in [0.5, 0.6) is 0 Å². The molecule has 2 N–H and O–H groups in total. The molecule has 0 saturated carbocycles. The second-order valence-electron chi connectivity index (χ2n) is 17.0. The Balaban J connectivity index is 0.000000329. The van der Waals surface area contributed by atoms with Crippen molar-refractivity contribution < 1.29 is 61.2 Å². The third-order valence-electron chi connectivity index (χ3n) is 11.5. The second-order valence-corrected chi connectivity index (χ2v) is 17.2. The van der Waals surface area contributed by atoms with Gasteiger partial charge in [0.05, 0.1) is 41.6 Å². The monoisotopic (exact) mass is 1170 g/mol. The number of nitrogens with zero attached hydrogens (tertiary/aromatic N) is 6. The van der Waals surface area contributed by atoms with Gasteiger partial charge in [-0.15, -0.1) is 5.70 Å². The Hall–Kier alpha value is -8.63. The number of hydrogen-bond acceptors (Lipinski definition) is 13. The smallest absolute Gasteiger partial charge is 0.753 e. The van der Waals surface area contributed by atoms with Gasteiger partial charge in [0.2, 0.25) is 0 Å². The average molecular weight is 1170 g/mol. The van der Waals surface area contributed by atoms with Crippen LogP contribution in [0.3, 0.4) is 0 Å². The molecule has 0 radical (unpaired) electrons. The maximum atomic E-state index is 12.9. The van der Waals surface area contributed by atoms with Gasteiger partial charge < -0.3 is 30.3 Å². The van der Waals surface area contributed by atoms with Crippen LogP contribution in [-0.2, 0) is 60.9 Å². The Kier molecular flexibility index (Phi) is 26.7. The van der Waals surface area contributed by atoms with Crippen molar-refractivity contribution in [3.8, 4) is 22.8 Å². The van der Waals surface area contributed by atoms with Gasteiger partial charge in [-0.05, 0) is 162 Å². The summed E-state index contributed by atoms with van der Waals surface area (Å²) < 4.78 is 52.4. The Labute approximate surface area is 474 Å². The molecule has 0 aliphatic rings.